The van der Waals surface area contributed by atoms with Gasteiger partial charge >= 0.3 is 0 Å². The lowest BCUT2D eigenvalue weighted by Crippen LogP contribution is -2.35. The average molecular weight is 338 g/mol. The minimum Gasteiger partial charge on any atom is -0.379 e. The second-order valence-electron chi connectivity index (χ2n) is 6.98. The molecule has 2 aliphatic heterocycles. The monoisotopic (exact) mass is 338 g/mol. The molecule has 1 aromatic carbocycles. The van der Waals surface area contributed by atoms with Crippen molar-refractivity contribution in [3.05, 3.63) is 41.6 Å². The summed E-state index contributed by atoms with van der Waals surface area (Å²) in [7, 11) is 0. The maximum atomic E-state index is 5.44. The van der Waals surface area contributed by atoms with Crippen molar-refractivity contribution in [3.63, 3.8) is 0 Å². The Balaban J connectivity index is 1.57. The van der Waals surface area contributed by atoms with Crippen LogP contribution in [-0.2, 0) is 11.3 Å². The molecule has 0 saturated carbocycles. The third kappa shape index (κ3) is 3.99. The fraction of sp³-hybridized carbons (Fsp3) is 0.500. The number of anilines is 1. The summed E-state index contributed by atoms with van der Waals surface area (Å²) >= 11 is 0. The van der Waals surface area contributed by atoms with E-state index >= 15 is 0 Å². The standard InChI is InChI=1S/C20H26N4O/c1-16-13-19(22-20(21-16)24-7-2-3-8-24)18-6-4-5-17(14-18)15-23-9-11-25-12-10-23/h4-6,13-14H,2-3,7-12,15H2,1H3. The smallest absolute Gasteiger partial charge is 0.226 e. The van der Waals surface area contributed by atoms with E-state index in [2.05, 4.69) is 52.0 Å². The third-order valence-corrected chi connectivity index (χ3v) is 4.96. The first-order valence-corrected chi connectivity index (χ1v) is 9.28. The zero-order valence-electron chi connectivity index (χ0n) is 14.9. The number of morpholine rings is 1. The van der Waals surface area contributed by atoms with Crippen molar-refractivity contribution in [2.75, 3.05) is 44.3 Å². The molecule has 2 fully saturated rings. The summed E-state index contributed by atoms with van der Waals surface area (Å²) in [5.41, 5.74) is 4.57. The molecule has 3 heterocycles. The van der Waals surface area contributed by atoms with E-state index < -0.39 is 0 Å². The topological polar surface area (TPSA) is 41.5 Å². The summed E-state index contributed by atoms with van der Waals surface area (Å²) in [6.07, 6.45) is 2.48. The van der Waals surface area contributed by atoms with E-state index in [1.165, 1.54) is 24.0 Å². The van der Waals surface area contributed by atoms with Crippen LogP contribution in [0.1, 0.15) is 24.1 Å². The van der Waals surface area contributed by atoms with Gasteiger partial charge in [0.25, 0.3) is 0 Å². The van der Waals surface area contributed by atoms with Crippen LogP contribution in [0.2, 0.25) is 0 Å². The summed E-state index contributed by atoms with van der Waals surface area (Å²) < 4.78 is 5.44. The van der Waals surface area contributed by atoms with E-state index in [0.717, 1.165) is 63.3 Å². The maximum Gasteiger partial charge on any atom is 0.226 e. The minimum atomic E-state index is 0.837. The van der Waals surface area contributed by atoms with Gasteiger partial charge in [0.2, 0.25) is 5.95 Å². The Morgan fingerprint density at radius 3 is 2.60 bits per heavy atom. The van der Waals surface area contributed by atoms with Crippen LogP contribution in [0.5, 0.6) is 0 Å². The van der Waals surface area contributed by atoms with Crippen molar-refractivity contribution in [1.82, 2.24) is 14.9 Å². The van der Waals surface area contributed by atoms with Gasteiger partial charge in [-0.15, -0.1) is 0 Å². The van der Waals surface area contributed by atoms with Crippen LogP contribution >= 0.6 is 0 Å². The van der Waals surface area contributed by atoms with E-state index in [4.69, 9.17) is 9.72 Å². The first-order chi connectivity index (χ1) is 12.3. The lowest BCUT2D eigenvalue weighted by Gasteiger charge is -2.26. The van der Waals surface area contributed by atoms with Crippen molar-refractivity contribution in [2.24, 2.45) is 0 Å². The molecule has 0 unspecified atom stereocenters. The Hall–Kier alpha value is -1.98. The molecule has 4 rings (SSSR count). The number of ether oxygens (including phenoxy) is 1. The highest BCUT2D eigenvalue weighted by Crippen LogP contribution is 2.24. The number of benzene rings is 1. The van der Waals surface area contributed by atoms with Crippen LogP contribution in [-0.4, -0.2) is 54.3 Å². The summed E-state index contributed by atoms with van der Waals surface area (Å²) in [4.78, 5) is 14.3. The summed E-state index contributed by atoms with van der Waals surface area (Å²) in [5, 5.41) is 0. The number of hydrogen-bond acceptors (Lipinski definition) is 5. The molecular formula is C20H26N4O. The van der Waals surface area contributed by atoms with E-state index in [1.807, 2.05) is 0 Å². The van der Waals surface area contributed by atoms with Crippen molar-refractivity contribution in [2.45, 2.75) is 26.3 Å². The van der Waals surface area contributed by atoms with Gasteiger partial charge in [0.1, 0.15) is 0 Å². The number of rotatable bonds is 4. The van der Waals surface area contributed by atoms with Gasteiger partial charge in [0.15, 0.2) is 0 Å². The predicted molar refractivity (Wildman–Crippen MR) is 99.7 cm³/mol. The molecule has 0 atom stereocenters. The molecule has 0 bridgehead atoms. The lowest BCUT2D eigenvalue weighted by molar-refractivity contribution is 0.0342. The van der Waals surface area contributed by atoms with E-state index in [0.29, 0.717) is 0 Å². The molecule has 1 aromatic heterocycles. The summed E-state index contributed by atoms with van der Waals surface area (Å²) in [6.45, 7) is 8.86. The van der Waals surface area contributed by atoms with Gasteiger partial charge in [-0.25, -0.2) is 9.97 Å². The summed E-state index contributed by atoms with van der Waals surface area (Å²) in [6, 6.07) is 10.9. The Bertz CT molecular complexity index is 721. The molecule has 0 N–H and O–H groups in total. The minimum absolute atomic E-state index is 0.837. The molecule has 0 radical (unpaired) electrons. The fourth-order valence-electron chi connectivity index (χ4n) is 3.61. The van der Waals surface area contributed by atoms with Gasteiger partial charge in [-0.2, -0.15) is 0 Å². The lowest BCUT2D eigenvalue weighted by atomic mass is 10.1. The van der Waals surface area contributed by atoms with Crippen LogP contribution in [0.4, 0.5) is 5.95 Å². The Morgan fingerprint density at radius 2 is 1.80 bits per heavy atom. The van der Waals surface area contributed by atoms with E-state index in [1.54, 1.807) is 0 Å². The molecule has 25 heavy (non-hydrogen) atoms. The molecule has 5 heteroatoms. The van der Waals surface area contributed by atoms with Gasteiger partial charge in [-0.1, -0.05) is 18.2 Å². The highest BCUT2D eigenvalue weighted by molar-refractivity contribution is 5.62. The number of hydrogen-bond donors (Lipinski definition) is 0. The second-order valence-corrected chi connectivity index (χ2v) is 6.98. The van der Waals surface area contributed by atoms with Crippen LogP contribution in [0.25, 0.3) is 11.3 Å². The molecular weight excluding hydrogens is 312 g/mol. The first kappa shape index (κ1) is 16.5. The largest absolute Gasteiger partial charge is 0.379 e. The van der Waals surface area contributed by atoms with Crippen molar-refractivity contribution < 1.29 is 4.74 Å². The number of aromatic nitrogens is 2. The van der Waals surface area contributed by atoms with Gasteiger partial charge in [-0.3, -0.25) is 4.90 Å². The molecule has 2 aliphatic rings. The van der Waals surface area contributed by atoms with Crippen molar-refractivity contribution in [3.8, 4) is 11.3 Å². The molecule has 2 saturated heterocycles. The summed E-state index contributed by atoms with van der Waals surface area (Å²) in [5.74, 6) is 0.881. The van der Waals surface area contributed by atoms with Crippen molar-refractivity contribution in [1.29, 1.82) is 0 Å². The number of nitrogens with zero attached hydrogens (tertiary/aromatic N) is 4. The van der Waals surface area contributed by atoms with Gasteiger partial charge in [0.05, 0.1) is 18.9 Å². The molecule has 0 spiro atoms. The van der Waals surface area contributed by atoms with Gasteiger partial charge < -0.3 is 9.64 Å². The van der Waals surface area contributed by atoms with Crippen LogP contribution in [0.15, 0.2) is 30.3 Å². The quantitative estimate of drug-likeness (QED) is 0.857. The maximum absolute atomic E-state index is 5.44. The Kier molecular flexibility index (Phi) is 4.95. The molecule has 0 aliphatic carbocycles. The SMILES string of the molecule is Cc1cc(-c2cccc(CN3CCOCC3)c2)nc(N2CCCC2)n1. The predicted octanol–water partition coefficient (Wildman–Crippen LogP) is 2.88. The zero-order chi connectivity index (χ0) is 17.1. The zero-order valence-corrected chi connectivity index (χ0v) is 14.9. The molecule has 5 nitrogen and oxygen atoms in total. The second kappa shape index (κ2) is 7.50. The highest BCUT2D eigenvalue weighted by Gasteiger charge is 2.17. The van der Waals surface area contributed by atoms with E-state index in [-0.39, 0.29) is 0 Å². The Morgan fingerprint density at radius 1 is 1.00 bits per heavy atom. The van der Waals surface area contributed by atoms with Gasteiger partial charge in [-0.05, 0) is 37.5 Å². The normalized spacial score (nSPS) is 18.7. The van der Waals surface area contributed by atoms with E-state index in [9.17, 15) is 0 Å². The van der Waals surface area contributed by atoms with Crippen LogP contribution < -0.4 is 4.90 Å². The fourth-order valence-corrected chi connectivity index (χ4v) is 3.61. The molecule has 0 amide bonds. The van der Waals surface area contributed by atoms with Gasteiger partial charge in [0, 0.05) is 44.0 Å². The molecule has 2 aromatic rings. The highest BCUT2D eigenvalue weighted by atomic mass is 16.5. The average Bonchev–Trinajstić information content (AvgIpc) is 3.17. The number of aryl methyl sites for hydroxylation is 1. The third-order valence-electron chi connectivity index (χ3n) is 4.96. The van der Waals surface area contributed by atoms with Crippen LogP contribution in [0, 0.1) is 6.92 Å². The Labute approximate surface area is 149 Å². The first-order valence-electron chi connectivity index (χ1n) is 9.28. The van der Waals surface area contributed by atoms with Crippen LogP contribution in [0.3, 0.4) is 0 Å². The van der Waals surface area contributed by atoms with Crippen molar-refractivity contribution >= 4 is 5.95 Å². The molecule has 132 valence electrons.